The van der Waals surface area contributed by atoms with Crippen molar-refractivity contribution in [2.24, 2.45) is 0 Å². The van der Waals surface area contributed by atoms with Crippen LogP contribution in [0.1, 0.15) is 30.6 Å². The van der Waals surface area contributed by atoms with Crippen molar-refractivity contribution in [3.63, 3.8) is 0 Å². The molecule has 0 aromatic heterocycles. The summed E-state index contributed by atoms with van der Waals surface area (Å²) in [5, 5.41) is 0. The van der Waals surface area contributed by atoms with Gasteiger partial charge in [-0.3, -0.25) is 9.69 Å². The van der Waals surface area contributed by atoms with Gasteiger partial charge >= 0.3 is 0 Å². The minimum atomic E-state index is -0.516. The molecule has 0 amide bonds. The molecule has 0 aliphatic carbocycles. The van der Waals surface area contributed by atoms with E-state index in [1.165, 1.54) is 0 Å². The molecule has 4 nitrogen and oxygen atoms in total. The SMILES string of the molecule is CC(C)(C(=O)c1ccc(OCCCS)cc1)N1CCOCC1. The van der Waals surface area contributed by atoms with Gasteiger partial charge in [0.15, 0.2) is 5.78 Å². The summed E-state index contributed by atoms with van der Waals surface area (Å²) in [4.78, 5) is 15.0. The second-order valence-electron chi connectivity index (χ2n) is 5.94. The first-order chi connectivity index (χ1) is 10.6. The molecule has 1 aromatic carbocycles. The summed E-state index contributed by atoms with van der Waals surface area (Å²) in [6.45, 7) is 7.59. The third kappa shape index (κ3) is 4.24. The van der Waals surface area contributed by atoms with Crippen LogP contribution in [0.4, 0.5) is 0 Å². The van der Waals surface area contributed by atoms with Crippen LogP contribution in [0.5, 0.6) is 5.75 Å². The Morgan fingerprint density at radius 3 is 2.50 bits per heavy atom. The van der Waals surface area contributed by atoms with Crippen molar-refractivity contribution in [1.29, 1.82) is 0 Å². The molecule has 2 rings (SSSR count). The molecular formula is C17H25NO3S. The van der Waals surface area contributed by atoms with Gasteiger partial charge in [0.2, 0.25) is 0 Å². The predicted octanol–water partition coefficient (Wildman–Crippen LogP) is 2.68. The van der Waals surface area contributed by atoms with E-state index in [-0.39, 0.29) is 5.78 Å². The van der Waals surface area contributed by atoms with E-state index in [1.807, 2.05) is 38.1 Å². The largest absolute Gasteiger partial charge is 0.494 e. The summed E-state index contributed by atoms with van der Waals surface area (Å²) in [7, 11) is 0. The van der Waals surface area contributed by atoms with E-state index in [1.54, 1.807) is 0 Å². The zero-order chi connectivity index (χ0) is 16.0. The number of Topliss-reactive ketones (excluding diaryl/α,β-unsaturated/α-hetero) is 1. The van der Waals surface area contributed by atoms with Crippen LogP contribution in [-0.4, -0.2) is 54.9 Å². The maximum absolute atomic E-state index is 12.8. The molecule has 0 unspecified atom stereocenters. The van der Waals surface area contributed by atoms with Gasteiger partial charge in [0.25, 0.3) is 0 Å². The average molecular weight is 323 g/mol. The lowest BCUT2D eigenvalue weighted by Crippen LogP contribution is -2.54. The molecule has 0 bridgehead atoms. The van der Waals surface area contributed by atoms with Crippen LogP contribution in [0.25, 0.3) is 0 Å². The van der Waals surface area contributed by atoms with Crippen LogP contribution in [-0.2, 0) is 4.74 Å². The fraction of sp³-hybridized carbons (Fsp3) is 0.588. The first kappa shape index (κ1) is 17.3. The molecule has 0 saturated carbocycles. The molecule has 122 valence electrons. The summed E-state index contributed by atoms with van der Waals surface area (Å²) in [6, 6.07) is 7.42. The number of ether oxygens (including phenoxy) is 2. The summed E-state index contributed by atoms with van der Waals surface area (Å²) in [6.07, 6.45) is 0.911. The number of rotatable bonds is 7. The van der Waals surface area contributed by atoms with E-state index in [0.29, 0.717) is 19.8 Å². The lowest BCUT2D eigenvalue weighted by Gasteiger charge is -2.39. The van der Waals surface area contributed by atoms with Crippen molar-refractivity contribution >= 4 is 18.4 Å². The summed E-state index contributed by atoms with van der Waals surface area (Å²) in [5.41, 5.74) is 0.205. The van der Waals surface area contributed by atoms with Crippen LogP contribution in [0.2, 0.25) is 0 Å². The van der Waals surface area contributed by atoms with E-state index in [9.17, 15) is 4.79 Å². The maximum atomic E-state index is 12.8. The van der Waals surface area contributed by atoms with Gasteiger partial charge in [0.05, 0.1) is 25.4 Å². The molecule has 5 heteroatoms. The summed E-state index contributed by atoms with van der Waals surface area (Å²) in [5.74, 6) is 1.74. The molecule has 0 atom stereocenters. The maximum Gasteiger partial charge on any atom is 0.182 e. The standard InChI is InChI=1S/C17H25NO3S/c1-17(2,18-8-11-20-12-9-18)16(19)14-4-6-15(7-5-14)21-10-3-13-22/h4-7,22H,3,8-13H2,1-2H3. The zero-order valence-electron chi connectivity index (χ0n) is 13.4. The van der Waals surface area contributed by atoms with Gasteiger partial charge < -0.3 is 9.47 Å². The van der Waals surface area contributed by atoms with E-state index >= 15 is 0 Å². The Kier molecular flexibility index (Phi) is 6.29. The smallest absolute Gasteiger partial charge is 0.182 e. The molecule has 0 radical (unpaired) electrons. The Morgan fingerprint density at radius 2 is 1.91 bits per heavy atom. The van der Waals surface area contributed by atoms with Crippen LogP contribution < -0.4 is 4.74 Å². The second kappa shape index (κ2) is 7.99. The topological polar surface area (TPSA) is 38.8 Å². The van der Waals surface area contributed by atoms with E-state index in [2.05, 4.69) is 17.5 Å². The third-order valence-electron chi connectivity index (χ3n) is 4.05. The molecule has 1 aromatic rings. The molecule has 1 heterocycles. The Bertz CT molecular complexity index is 481. The molecule has 1 saturated heterocycles. The monoisotopic (exact) mass is 323 g/mol. The summed E-state index contributed by atoms with van der Waals surface area (Å²) >= 11 is 4.15. The van der Waals surface area contributed by atoms with Gasteiger partial charge in [-0.1, -0.05) is 0 Å². The number of hydrogen-bond acceptors (Lipinski definition) is 5. The molecule has 1 aliphatic heterocycles. The Morgan fingerprint density at radius 1 is 1.27 bits per heavy atom. The Hall–Kier alpha value is -1.04. The molecule has 1 aliphatic rings. The van der Waals surface area contributed by atoms with E-state index < -0.39 is 5.54 Å². The van der Waals surface area contributed by atoms with Gasteiger partial charge in [-0.25, -0.2) is 0 Å². The molecule has 0 N–H and O–H groups in total. The van der Waals surface area contributed by atoms with Crippen molar-refractivity contribution in [1.82, 2.24) is 4.90 Å². The predicted molar refractivity (Wildman–Crippen MR) is 91.2 cm³/mol. The van der Waals surface area contributed by atoms with Crippen LogP contribution in [0, 0.1) is 0 Å². The lowest BCUT2D eigenvalue weighted by atomic mass is 9.91. The van der Waals surface area contributed by atoms with Crippen molar-refractivity contribution < 1.29 is 14.3 Å². The highest BCUT2D eigenvalue weighted by atomic mass is 32.1. The Labute approximate surface area is 138 Å². The van der Waals surface area contributed by atoms with Crippen molar-refractivity contribution in [2.75, 3.05) is 38.7 Å². The molecule has 22 heavy (non-hydrogen) atoms. The Balaban J connectivity index is 2.01. The first-order valence-electron chi connectivity index (χ1n) is 7.77. The first-order valence-corrected chi connectivity index (χ1v) is 8.40. The minimum absolute atomic E-state index is 0.135. The normalized spacial score (nSPS) is 16.5. The zero-order valence-corrected chi connectivity index (χ0v) is 14.3. The van der Waals surface area contributed by atoms with Crippen molar-refractivity contribution in [3.8, 4) is 5.75 Å². The van der Waals surface area contributed by atoms with Gasteiger partial charge in [-0.05, 0) is 50.3 Å². The fourth-order valence-corrected chi connectivity index (χ4v) is 2.71. The van der Waals surface area contributed by atoms with Crippen LogP contribution >= 0.6 is 12.6 Å². The third-order valence-corrected chi connectivity index (χ3v) is 4.36. The van der Waals surface area contributed by atoms with Gasteiger partial charge in [0.1, 0.15) is 5.75 Å². The fourth-order valence-electron chi connectivity index (χ4n) is 2.58. The minimum Gasteiger partial charge on any atom is -0.494 e. The quantitative estimate of drug-likeness (QED) is 0.476. The highest BCUT2D eigenvalue weighted by molar-refractivity contribution is 7.80. The highest BCUT2D eigenvalue weighted by Gasteiger charge is 2.35. The second-order valence-corrected chi connectivity index (χ2v) is 6.38. The van der Waals surface area contributed by atoms with Gasteiger partial charge in [-0.2, -0.15) is 12.6 Å². The number of benzene rings is 1. The van der Waals surface area contributed by atoms with Crippen LogP contribution in [0.3, 0.4) is 0 Å². The summed E-state index contributed by atoms with van der Waals surface area (Å²) < 4.78 is 11.0. The molecule has 0 spiro atoms. The molecular weight excluding hydrogens is 298 g/mol. The number of hydrogen-bond donors (Lipinski definition) is 1. The number of ketones is 1. The number of carbonyl (C=O) groups excluding carboxylic acids is 1. The van der Waals surface area contributed by atoms with Crippen molar-refractivity contribution in [3.05, 3.63) is 29.8 Å². The number of morpholine rings is 1. The number of thiol groups is 1. The highest BCUT2D eigenvalue weighted by Crippen LogP contribution is 2.23. The number of nitrogens with zero attached hydrogens (tertiary/aromatic N) is 1. The average Bonchev–Trinajstić information content (AvgIpc) is 2.56. The number of carbonyl (C=O) groups is 1. The van der Waals surface area contributed by atoms with Crippen molar-refractivity contribution in [2.45, 2.75) is 25.8 Å². The van der Waals surface area contributed by atoms with E-state index in [4.69, 9.17) is 9.47 Å². The lowest BCUT2D eigenvalue weighted by molar-refractivity contribution is -0.00429. The van der Waals surface area contributed by atoms with E-state index in [0.717, 1.165) is 36.6 Å². The van der Waals surface area contributed by atoms with Gasteiger partial charge in [-0.15, -0.1) is 0 Å². The van der Waals surface area contributed by atoms with Crippen LogP contribution in [0.15, 0.2) is 24.3 Å². The van der Waals surface area contributed by atoms with Gasteiger partial charge in [0, 0.05) is 18.7 Å². The molecule has 1 fully saturated rings.